The summed E-state index contributed by atoms with van der Waals surface area (Å²) in [5.41, 5.74) is 2.24. The van der Waals surface area contributed by atoms with Crippen molar-refractivity contribution in [3.8, 4) is 0 Å². The van der Waals surface area contributed by atoms with Crippen LogP contribution in [0.5, 0.6) is 0 Å². The standard InChI is InChI=1S/C23H27FN4O2/c1-15-18(23(29)28-10-3-2-4-21(28)25-15)9-13-27-11-7-16(8-12-27)22-19-6-5-17(24)14-20(19)30-26-22/h5-6,14,16H,2-4,7-13H2,1H3/i5D,6D,14D. The number of fused-ring (bicyclic) bond motifs is 2. The lowest BCUT2D eigenvalue weighted by atomic mass is 9.91. The molecule has 1 aromatic carbocycles. The number of aromatic nitrogens is 3. The van der Waals surface area contributed by atoms with Crippen LogP contribution in [0.15, 0.2) is 27.4 Å². The van der Waals surface area contributed by atoms with Gasteiger partial charge in [0.05, 0.1) is 9.81 Å². The number of nitrogens with zero attached hydrogens (tertiary/aromatic N) is 4. The molecule has 0 radical (unpaired) electrons. The fourth-order valence-electron chi connectivity index (χ4n) is 4.75. The third-order valence-electron chi connectivity index (χ3n) is 6.47. The van der Waals surface area contributed by atoms with Gasteiger partial charge in [-0.15, -0.1) is 0 Å². The van der Waals surface area contributed by atoms with Crippen molar-refractivity contribution in [2.24, 2.45) is 0 Å². The summed E-state index contributed by atoms with van der Waals surface area (Å²) >= 11 is 0. The first-order valence-electron chi connectivity index (χ1n) is 12.2. The molecule has 158 valence electrons. The molecule has 0 spiro atoms. The molecule has 0 atom stereocenters. The van der Waals surface area contributed by atoms with E-state index in [2.05, 4.69) is 10.1 Å². The first kappa shape index (κ1) is 16.2. The Bertz CT molecular complexity index is 1280. The van der Waals surface area contributed by atoms with E-state index in [4.69, 9.17) is 13.6 Å². The van der Waals surface area contributed by atoms with Crippen LogP contribution in [0.3, 0.4) is 0 Å². The fraction of sp³-hybridized carbons (Fsp3) is 0.522. The van der Waals surface area contributed by atoms with Gasteiger partial charge in [0.2, 0.25) is 0 Å². The molecule has 0 bridgehead atoms. The SMILES string of the molecule is [2H]c1c(F)c([2H])c2onc(C3CCN(CCc4c(C)nc5n(c4=O)CCCC5)CC3)c2c1[2H]. The van der Waals surface area contributed by atoms with Gasteiger partial charge in [-0.1, -0.05) is 5.16 Å². The average Bonchev–Trinajstić information content (AvgIpc) is 3.27. The minimum atomic E-state index is -1.05. The van der Waals surface area contributed by atoms with Crippen LogP contribution in [0.4, 0.5) is 4.39 Å². The Balaban J connectivity index is 1.28. The summed E-state index contributed by atoms with van der Waals surface area (Å²) in [6.45, 7) is 5.05. The van der Waals surface area contributed by atoms with Crippen LogP contribution in [-0.4, -0.2) is 39.2 Å². The molecule has 6 nitrogen and oxygen atoms in total. The molecule has 2 aliphatic heterocycles. The van der Waals surface area contributed by atoms with Gasteiger partial charge in [-0.25, -0.2) is 9.37 Å². The second-order valence-corrected chi connectivity index (χ2v) is 8.33. The third-order valence-corrected chi connectivity index (χ3v) is 6.47. The average molecular weight is 414 g/mol. The number of benzene rings is 1. The maximum absolute atomic E-state index is 14.0. The number of halogens is 1. The molecule has 1 fully saturated rings. The summed E-state index contributed by atoms with van der Waals surface area (Å²) in [4.78, 5) is 20.0. The molecular formula is C23H27FN4O2. The number of likely N-dealkylation sites (tertiary alicyclic amines) is 1. The molecule has 0 amide bonds. The van der Waals surface area contributed by atoms with E-state index in [-0.39, 0.29) is 28.5 Å². The van der Waals surface area contributed by atoms with Gasteiger partial charge < -0.3 is 9.42 Å². The van der Waals surface area contributed by atoms with Crippen LogP contribution in [-0.2, 0) is 19.4 Å². The van der Waals surface area contributed by atoms with Crippen molar-refractivity contribution in [3.05, 3.63) is 57.1 Å². The highest BCUT2D eigenvalue weighted by Crippen LogP contribution is 2.32. The van der Waals surface area contributed by atoms with Gasteiger partial charge in [-0.05, 0) is 64.2 Å². The Morgan fingerprint density at radius 3 is 2.93 bits per heavy atom. The van der Waals surface area contributed by atoms with E-state index >= 15 is 0 Å². The first-order chi connectivity index (χ1) is 15.9. The van der Waals surface area contributed by atoms with Crippen molar-refractivity contribution in [2.75, 3.05) is 19.6 Å². The predicted octanol–water partition coefficient (Wildman–Crippen LogP) is 3.59. The topological polar surface area (TPSA) is 64.2 Å². The highest BCUT2D eigenvalue weighted by atomic mass is 19.1. The quantitative estimate of drug-likeness (QED) is 0.654. The maximum Gasteiger partial charge on any atom is 0.256 e. The van der Waals surface area contributed by atoms with E-state index in [1.165, 1.54) is 0 Å². The highest BCUT2D eigenvalue weighted by molar-refractivity contribution is 5.79. The van der Waals surface area contributed by atoms with Crippen molar-refractivity contribution >= 4 is 11.0 Å². The minimum Gasteiger partial charge on any atom is -0.356 e. The van der Waals surface area contributed by atoms with Crippen LogP contribution in [0, 0.1) is 12.7 Å². The number of hydrogen-bond acceptors (Lipinski definition) is 5. The summed E-state index contributed by atoms with van der Waals surface area (Å²) in [6.07, 6.45) is 5.20. The molecule has 0 aliphatic carbocycles. The monoisotopic (exact) mass is 413 g/mol. The first-order valence-corrected chi connectivity index (χ1v) is 10.7. The van der Waals surface area contributed by atoms with E-state index in [0.29, 0.717) is 12.1 Å². The zero-order chi connectivity index (χ0) is 23.3. The molecule has 30 heavy (non-hydrogen) atoms. The smallest absolute Gasteiger partial charge is 0.256 e. The highest BCUT2D eigenvalue weighted by Gasteiger charge is 2.25. The zero-order valence-corrected chi connectivity index (χ0v) is 17.1. The molecular weight excluding hydrogens is 383 g/mol. The second-order valence-electron chi connectivity index (χ2n) is 8.33. The van der Waals surface area contributed by atoms with Gasteiger partial charge in [0.25, 0.3) is 5.56 Å². The lowest BCUT2D eigenvalue weighted by Crippen LogP contribution is -2.37. The molecule has 4 heterocycles. The summed E-state index contributed by atoms with van der Waals surface area (Å²) in [5, 5.41) is 4.36. The Morgan fingerprint density at radius 1 is 1.27 bits per heavy atom. The largest absolute Gasteiger partial charge is 0.356 e. The summed E-state index contributed by atoms with van der Waals surface area (Å²) in [6, 6.07) is -1.37. The van der Waals surface area contributed by atoms with Crippen molar-refractivity contribution in [1.82, 2.24) is 19.6 Å². The second kappa shape index (κ2) is 7.95. The van der Waals surface area contributed by atoms with Crippen molar-refractivity contribution < 1.29 is 13.0 Å². The molecule has 5 rings (SSSR count). The van der Waals surface area contributed by atoms with Crippen molar-refractivity contribution in [3.63, 3.8) is 0 Å². The lowest BCUT2D eigenvalue weighted by Gasteiger charge is -2.31. The van der Waals surface area contributed by atoms with E-state index in [1.54, 1.807) is 0 Å². The normalized spacial score (nSPS) is 19.5. The van der Waals surface area contributed by atoms with Gasteiger partial charge in [0, 0.05) is 48.1 Å². The third kappa shape index (κ3) is 3.55. The minimum absolute atomic E-state index is 0.0219. The van der Waals surface area contributed by atoms with Gasteiger partial charge >= 0.3 is 0 Å². The molecule has 0 unspecified atom stereocenters. The molecule has 7 heteroatoms. The molecule has 2 aliphatic rings. The summed E-state index contributed by atoms with van der Waals surface area (Å²) in [7, 11) is 0. The van der Waals surface area contributed by atoms with E-state index in [0.717, 1.165) is 75.4 Å². The van der Waals surface area contributed by atoms with E-state index < -0.39 is 17.9 Å². The van der Waals surface area contributed by atoms with E-state index in [1.807, 2.05) is 11.5 Å². The molecule has 0 saturated carbocycles. The number of piperidine rings is 1. The Kier molecular flexibility index (Phi) is 4.29. The lowest BCUT2D eigenvalue weighted by molar-refractivity contribution is 0.211. The fourth-order valence-corrected chi connectivity index (χ4v) is 4.75. The maximum atomic E-state index is 14.0. The van der Waals surface area contributed by atoms with Gasteiger partial charge in [-0.2, -0.15) is 0 Å². The summed E-state index contributed by atoms with van der Waals surface area (Å²) in [5.74, 6) is -0.116. The predicted molar refractivity (Wildman–Crippen MR) is 112 cm³/mol. The van der Waals surface area contributed by atoms with Crippen LogP contribution >= 0.6 is 0 Å². The zero-order valence-electron chi connectivity index (χ0n) is 20.1. The Labute approximate surface area is 178 Å². The van der Waals surface area contributed by atoms with Crippen molar-refractivity contribution in [2.45, 2.75) is 57.9 Å². The van der Waals surface area contributed by atoms with Gasteiger partial charge in [-0.3, -0.25) is 9.36 Å². The Morgan fingerprint density at radius 2 is 2.10 bits per heavy atom. The van der Waals surface area contributed by atoms with Gasteiger partial charge in [0.15, 0.2) is 5.58 Å². The molecule has 0 N–H and O–H groups in total. The van der Waals surface area contributed by atoms with Gasteiger partial charge in [0.1, 0.15) is 11.6 Å². The summed E-state index contributed by atoms with van der Waals surface area (Å²) < 4.78 is 44.8. The number of hydrogen-bond donors (Lipinski definition) is 0. The Hall–Kier alpha value is -2.54. The van der Waals surface area contributed by atoms with Crippen LogP contribution in [0.2, 0.25) is 0 Å². The van der Waals surface area contributed by atoms with Crippen molar-refractivity contribution in [1.29, 1.82) is 0 Å². The van der Waals surface area contributed by atoms with E-state index in [9.17, 15) is 9.18 Å². The molecule has 3 aromatic rings. The van der Waals surface area contributed by atoms with Crippen LogP contribution in [0.25, 0.3) is 11.0 Å². The molecule has 2 aromatic heterocycles. The molecule has 1 saturated heterocycles. The number of aryl methyl sites for hydroxylation is 2. The number of rotatable bonds is 4. The van der Waals surface area contributed by atoms with Crippen LogP contribution < -0.4 is 5.56 Å². The van der Waals surface area contributed by atoms with Crippen LogP contribution in [0.1, 0.15) is 58.5 Å².